The Morgan fingerprint density at radius 3 is 1.24 bits per heavy atom. The SMILES string of the molecule is Cc1ccccc1N1C(C)c2c(n(C)c3ccccc23)C12CCCC2.Cc1ccccc1N1C(C)c2c(n(C)c3ccccc23)C12CCCCC2. The highest BCUT2D eigenvalue weighted by Gasteiger charge is 2.54. The van der Waals surface area contributed by atoms with Crippen LogP contribution in [0.5, 0.6) is 0 Å². The van der Waals surface area contributed by atoms with Gasteiger partial charge in [-0.05, 0) is 88.8 Å². The molecular weight excluding hydrogens is 621 g/mol. The molecule has 2 unspecified atom stereocenters. The van der Waals surface area contributed by atoms with Gasteiger partial charge in [-0.3, -0.25) is 0 Å². The molecule has 2 aliphatic carbocycles. The number of fused-ring (bicyclic) bond motifs is 8. The molecule has 2 fully saturated rings. The van der Waals surface area contributed by atoms with E-state index in [4.69, 9.17) is 0 Å². The van der Waals surface area contributed by atoms with Crippen molar-refractivity contribution in [2.45, 2.75) is 109 Å². The number of hydrogen-bond donors (Lipinski definition) is 0. The number of aromatic nitrogens is 2. The topological polar surface area (TPSA) is 16.3 Å². The lowest BCUT2D eigenvalue weighted by molar-refractivity contribution is 0.273. The van der Waals surface area contributed by atoms with Crippen molar-refractivity contribution in [1.82, 2.24) is 9.13 Å². The van der Waals surface area contributed by atoms with Crippen LogP contribution in [0.2, 0.25) is 0 Å². The van der Waals surface area contributed by atoms with Crippen molar-refractivity contribution in [3.63, 3.8) is 0 Å². The second kappa shape index (κ2) is 12.1. The molecule has 2 aromatic heterocycles. The maximum absolute atomic E-state index is 2.78. The molecule has 2 atom stereocenters. The molecule has 4 aromatic carbocycles. The van der Waals surface area contributed by atoms with Crippen LogP contribution < -0.4 is 9.80 Å². The standard InChI is InChI=1S/C24H28N2.C23H26N2/c1-17-11-5-7-13-20(17)26-18(2)22-19-12-6-8-14-21(19)25(3)23(22)24(26)15-9-4-10-16-24;1-16-10-4-6-12-19(16)25-17(2)21-18-11-5-7-13-20(18)24(3)22(21)23(25)14-8-9-15-23/h5-8,11-14,18H,4,9-10,15-16H2,1-3H3;4-7,10-13,17H,8-9,14-15H2,1-3H3. The van der Waals surface area contributed by atoms with Crippen LogP contribution in [-0.2, 0) is 25.2 Å². The second-order valence-electron chi connectivity index (χ2n) is 16.2. The highest BCUT2D eigenvalue weighted by atomic mass is 15.3. The Morgan fingerprint density at radius 2 is 0.824 bits per heavy atom. The summed E-state index contributed by atoms with van der Waals surface area (Å²) in [6.07, 6.45) is 11.8. The average molecular weight is 675 g/mol. The first-order chi connectivity index (χ1) is 24.8. The molecule has 0 radical (unpaired) electrons. The van der Waals surface area contributed by atoms with Crippen LogP contribution in [0.3, 0.4) is 0 Å². The largest absolute Gasteiger partial charge is 0.353 e. The Kier molecular flexibility index (Phi) is 7.69. The predicted molar refractivity (Wildman–Crippen MR) is 215 cm³/mol. The summed E-state index contributed by atoms with van der Waals surface area (Å²) in [7, 11) is 4.56. The van der Waals surface area contributed by atoms with E-state index < -0.39 is 0 Å². The van der Waals surface area contributed by atoms with Crippen LogP contribution in [-0.4, -0.2) is 9.13 Å². The zero-order valence-corrected chi connectivity index (χ0v) is 31.5. The molecular formula is C47H54N4. The Morgan fingerprint density at radius 1 is 0.471 bits per heavy atom. The molecule has 4 heterocycles. The Balaban J connectivity index is 0.000000137. The van der Waals surface area contributed by atoms with Gasteiger partial charge in [-0.15, -0.1) is 0 Å². The quantitative estimate of drug-likeness (QED) is 0.182. The van der Waals surface area contributed by atoms with Crippen molar-refractivity contribution in [2.24, 2.45) is 14.1 Å². The number of anilines is 2. The van der Waals surface area contributed by atoms with Gasteiger partial charge in [0.15, 0.2) is 0 Å². The average Bonchev–Trinajstić information content (AvgIpc) is 3.93. The van der Waals surface area contributed by atoms with E-state index >= 15 is 0 Å². The zero-order chi connectivity index (χ0) is 35.1. The summed E-state index contributed by atoms with van der Waals surface area (Å²) < 4.78 is 5.00. The molecule has 4 nitrogen and oxygen atoms in total. The maximum atomic E-state index is 2.78. The van der Waals surface area contributed by atoms with Crippen molar-refractivity contribution >= 4 is 33.2 Å². The van der Waals surface area contributed by atoms with Crippen LogP contribution >= 0.6 is 0 Å². The summed E-state index contributed by atoms with van der Waals surface area (Å²) in [6, 6.07) is 36.6. The lowest BCUT2D eigenvalue weighted by atomic mass is 9.78. The van der Waals surface area contributed by atoms with Gasteiger partial charge in [0.25, 0.3) is 0 Å². The van der Waals surface area contributed by atoms with Crippen molar-refractivity contribution < 1.29 is 0 Å². The van der Waals surface area contributed by atoms with Crippen molar-refractivity contribution in [2.75, 3.05) is 9.80 Å². The fourth-order valence-corrected chi connectivity index (χ4v) is 11.6. The number of aryl methyl sites for hydroxylation is 4. The Labute approximate surface area is 304 Å². The number of benzene rings is 4. The summed E-state index contributed by atoms with van der Waals surface area (Å²) in [5.74, 6) is 0. The van der Waals surface area contributed by atoms with Crippen LogP contribution in [0, 0.1) is 13.8 Å². The van der Waals surface area contributed by atoms with Gasteiger partial charge in [-0.25, -0.2) is 0 Å². The number of para-hydroxylation sites is 4. The summed E-state index contributed by atoms with van der Waals surface area (Å²) in [5, 5.41) is 2.88. The molecule has 6 aromatic rings. The minimum absolute atomic E-state index is 0.146. The van der Waals surface area contributed by atoms with E-state index in [1.165, 1.54) is 102 Å². The van der Waals surface area contributed by atoms with E-state index in [1.54, 1.807) is 22.5 Å². The van der Waals surface area contributed by atoms with E-state index in [1.807, 2.05) is 0 Å². The van der Waals surface area contributed by atoms with Crippen LogP contribution in [0.25, 0.3) is 21.8 Å². The lowest BCUT2D eigenvalue weighted by Gasteiger charge is -2.46. The van der Waals surface area contributed by atoms with E-state index in [2.05, 4.69) is 158 Å². The molecule has 2 aliphatic heterocycles. The first-order valence-corrected chi connectivity index (χ1v) is 19.7. The minimum Gasteiger partial charge on any atom is -0.353 e. The summed E-state index contributed by atoms with van der Waals surface area (Å²) in [5.41, 5.74) is 15.0. The maximum Gasteiger partial charge on any atom is 0.0814 e. The number of hydrogen-bond acceptors (Lipinski definition) is 2. The summed E-state index contributed by atoms with van der Waals surface area (Å²) in [6.45, 7) is 9.34. The summed E-state index contributed by atoms with van der Waals surface area (Å²) in [4.78, 5) is 5.53. The van der Waals surface area contributed by atoms with Gasteiger partial charge < -0.3 is 18.9 Å². The number of nitrogens with zero attached hydrogens (tertiary/aromatic N) is 4. The molecule has 51 heavy (non-hydrogen) atoms. The Bertz CT molecular complexity index is 2260. The van der Waals surface area contributed by atoms with E-state index in [0.29, 0.717) is 12.1 Å². The normalized spacial score (nSPS) is 21.5. The third kappa shape index (κ3) is 4.50. The fraction of sp³-hybridized carbons (Fsp3) is 0.404. The molecule has 0 bridgehead atoms. The fourth-order valence-electron chi connectivity index (χ4n) is 11.6. The minimum atomic E-state index is 0.146. The third-order valence-electron chi connectivity index (χ3n) is 13.6. The highest BCUT2D eigenvalue weighted by molar-refractivity contribution is 5.90. The van der Waals surface area contributed by atoms with Gasteiger partial charge in [-0.2, -0.15) is 0 Å². The second-order valence-corrected chi connectivity index (χ2v) is 16.2. The molecule has 0 N–H and O–H groups in total. The van der Waals surface area contributed by atoms with Gasteiger partial charge in [0.2, 0.25) is 0 Å². The van der Waals surface area contributed by atoms with Crippen LogP contribution in [0.4, 0.5) is 11.4 Å². The molecule has 262 valence electrons. The predicted octanol–water partition coefficient (Wildman–Crippen LogP) is 12.1. The molecule has 4 heteroatoms. The molecule has 4 aliphatic rings. The molecule has 10 rings (SSSR count). The summed E-state index contributed by atoms with van der Waals surface area (Å²) >= 11 is 0. The highest BCUT2D eigenvalue weighted by Crippen LogP contribution is 2.60. The van der Waals surface area contributed by atoms with Gasteiger partial charge >= 0.3 is 0 Å². The van der Waals surface area contributed by atoms with Gasteiger partial charge in [-0.1, -0.05) is 105 Å². The molecule has 0 amide bonds. The van der Waals surface area contributed by atoms with Gasteiger partial charge in [0, 0.05) is 69.8 Å². The first kappa shape index (κ1) is 32.5. The van der Waals surface area contributed by atoms with Crippen LogP contribution in [0.1, 0.15) is 117 Å². The van der Waals surface area contributed by atoms with Gasteiger partial charge in [0.1, 0.15) is 0 Å². The third-order valence-corrected chi connectivity index (χ3v) is 13.6. The molecule has 2 spiro atoms. The van der Waals surface area contributed by atoms with Crippen molar-refractivity contribution in [3.8, 4) is 0 Å². The lowest BCUT2D eigenvalue weighted by Crippen LogP contribution is -2.45. The Hall–Kier alpha value is -4.44. The van der Waals surface area contributed by atoms with Crippen molar-refractivity contribution in [1.29, 1.82) is 0 Å². The monoisotopic (exact) mass is 674 g/mol. The van der Waals surface area contributed by atoms with E-state index in [9.17, 15) is 0 Å². The number of rotatable bonds is 2. The molecule has 0 saturated heterocycles. The van der Waals surface area contributed by atoms with Gasteiger partial charge in [0.05, 0.1) is 23.2 Å². The smallest absolute Gasteiger partial charge is 0.0814 e. The zero-order valence-electron chi connectivity index (χ0n) is 31.5. The first-order valence-electron chi connectivity index (χ1n) is 19.7. The molecule has 2 saturated carbocycles. The van der Waals surface area contributed by atoms with Crippen molar-refractivity contribution in [3.05, 3.63) is 131 Å². The van der Waals surface area contributed by atoms with Crippen LogP contribution in [0.15, 0.2) is 97.1 Å². The van der Waals surface area contributed by atoms with E-state index in [0.717, 1.165) is 0 Å². The van der Waals surface area contributed by atoms with E-state index in [-0.39, 0.29) is 11.1 Å².